The standard InChI is InChI=1S/C16H22ClNO2/c1-2-11-15(13-6-3-4-7-18-13)12(17)10-14-16(11)20-9-5-8-19-14/h10,13,18H,2-9H2,1H3. The van der Waals surface area contributed by atoms with Crippen molar-refractivity contribution in [3.63, 3.8) is 0 Å². The molecule has 1 fully saturated rings. The number of benzene rings is 1. The van der Waals surface area contributed by atoms with Crippen LogP contribution in [0, 0.1) is 0 Å². The Balaban J connectivity index is 2.06. The second kappa shape index (κ2) is 6.23. The summed E-state index contributed by atoms with van der Waals surface area (Å²) in [7, 11) is 0. The van der Waals surface area contributed by atoms with E-state index in [9.17, 15) is 0 Å². The normalized spacial score (nSPS) is 22.4. The van der Waals surface area contributed by atoms with Gasteiger partial charge in [-0.05, 0) is 31.4 Å². The molecule has 1 N–H and O–H groups in total. The van der Waals surface area contributed by atoms with Gasteiger partial charge in [0.2, 0.25) is 0 Å². The van der Waals surface area contributed by atoms with Crippen LogP contribution in [0.5, 0.6) is 11.5 Å². The average molecular weight is 296 g/mol. The quantitative estimate of drug-likeness (QED) is 0.898. The highest BCUT2D eigenvalue weighted by molar-refractivity contribution is 6.31. The first kappa shape index (κ1) is 14.0. The zero-order valence-corrected chi connectivity index (χ0v) is 12.8. The third-order valence-electron chi connectivity index (χ3n) is 4.14. The topological polar surface area (TPSA) is 30.5 Å². The summed E-state index contributed by atoms with van der Waals surface area (Å²) in [6.45, 7) is 4.65. The van der Waals surface area contributed by atoms with E-state index in [1.807, 2.05) is 6.07 Å². The van der Waals surface area contributed by atoms with Crippen LogP contribution >= 0.6 is 11.6 Å². The highest BCUT2D eigenvalue weighted by Crippen LogP contribution is 2.43. The lowest BCUT2D eigenvalue weighted by atomic mass is 9.91. The van der Waals surface area contributed by atoms with Gasteiger partial charge in [0.1, 0.15) is 0 Å². The molecule has 0 spiro atoms. The number of hydrogen-bond acceptors (Lipinski definition) is 3. The Morgan fingerprint density at radius 3 is 2.85 bits per heavy atom. The number of halogens is 1. The molecule has 20 heavy (non-hydrogen) atoms. The van der Waals surface area contributed by atoms with Gasteiger partial charge in [0.05, 0.1) is 13.2 Å². The molecule has 4 heteroatoms. The molecule has 0 radical (unpaired) electrons. The molecule has 110 valence electrons. The minimum absolute atomic E-state index is 0.350. The van der Waals surface area contributed by atoms with Crippen LogP contribution in [0.3, 0.4) is 0 Å². The van der Waals surface area contributed by atoms with Crippen molar-refractivity contribution in [1.82, 2.24) is 5.32 Å². The monoisotopic (exact) mass is 295 g/mol. The maximum absolute atomic E-state index is 6.56. The van der Waals surface area contributed by atoms with Crippen LogP contribution in [0.2, 0.25) is 5.02 Å². The predicted octanol–water partition coefficient (Wildman–Crippen LogP) is 3.88. The van der Waals surface area contributed by atoms with Gasteiger partial charge in [-0.2, -0.15) is 0 Å². The van der Waals surface area contributed by atoms with Crippen molar-refractivity contribution in [3.8, 4) is 11.5 Å². The van der Waals surface area contributed by atoms with Crippen molar-refractivity contribution in [2.75, 3.05) is 19.8 Å². The zero-order valence-electron chi connectivity index (χ0n) is 12.0. The molecule has 1 aromatic carbocycles. The maximum Gasteiger partial charge on any atom is 0.164 e. The van der Waals surface area contributed by atoms with Crippen molar-refractivity contribution in [1.29, 1.82) is 0 Å². The summed E-state index contributed by atoms with van der Waals surface area (Å²) in [6, 6.07) is 2.29. The number of hydrogen-bond donors (Lipinski definition) is 1. The minimum atomic E-state index is 0.350. The fourth-order valence-electron chi connectivity index (χ4n) is 3.18. The summed E-state index contributed by atoms with van der Waals surface area (Å²) in [5.74, 6) is 1.72. The Morgan fingerprint density at radius 1 is 1.25 bits per heavy atom. The first-order valence-corrected chi connectivity index (χ1v) is 8.03. The van der Waals surface area contributed by atoms with Crippen LogP contribution < -0.4 is 14.8 Å². The lowest BCUT2D eigenvalue weighted by molar-refractivity contribution is 0.296. The first-order valence-electron chi connectivity index (χ1n) is 7.65. The highest BCUT2D eigenvalue weighted by atomic mass is 35.5. The molecule has 0 saturated carbocycles. The van der Waals surface area contributed by atoms with Crippen LogP contribution in [-0.2, 0) is 6.42 Å². The Morgan fingerprint density at radius 2 is 2.10 bits per heavy atom. The zero-order chi connectivity index (χ0) is 13.9. The van der Waals surface area contributed by atoms with Crippen LogP contribution in [0.25, 0.3) is 0 Å². The Bertz CT molecular complexity index is 484. The summed E-state index contributed by atoms with van der Waals surface area (Å²) in [5, 5.41) is 4.40. The molecule has 0 bridgehead atoms. The molecule has 2 aliphatic heterocycles. The van der Waals surface area contributed by atoms with Crippen molar-refractivity contribution in [2.45, 2.75) is 45.1 Å². The summed E-state index contributed by atoms with van der Waals surface area (Å²) in [5.41, 5.74) is 2.44. The molecule has 2 aliphatic rings. The van der Waals surface area contributed by atoms with E-state index in [1.54, 1.807) is 0 Å². The van der Waals surface area contributed by atoms with Gasteiger partial charge in [-0.1, -0.05) is 24.9 Å². The Labute approximate surface area is 125 Å². The molecule has 1 unspecified atom stereocenters. The molecule has 0 aromatic heterocycles. The van der Waals surface area contributed by atoms with Crippen molar-refractivity contribution >= 4 is 11.6 Å². The van der Waals surface area contributed by atoms with Gasteiger partial charge >= 0.3 is 0 Å². The van der Waals surface area contributed by atoms with Crippen LogP contribution in [0.4, 0.5) is 0 Å². The summed E-state index contributed by atoms with van der Waals surface area (Å²) >= 11 is 6.56. The lowest BCUT2D eigenvalue weighted by Crippen LogP contribution is -2.28. The Hall–Kier alpha value is -0.930. The van der Waals surface area contributed by atoms with Gasteiger partial charge < -0.3 is 14.8 Å². The van der Waals surface area contributed by atoms with Gasteiger partial charge in [-0.25, -0.2) is 0 Å². The SMILES string of the molecule is CCc1c2c(cc(Cl)c1C1CCCCN1)OCCCO2. The van der Waals surface area contributed by atoms with E-state index in [0.717, 1.165) is 48.9 Å². The third-order valence-corrected chi connectivity index (χ3v) is 4.46. The van der Waals surface area contributed by atoms with Crippen LogP contribution in [0.15, 0.2) is 6.07 Å². The van der Waals surface area contributed by atoms with Gasteiger partial charge in [-0.3, -0.25) is 0 Å². The number of nitrogens with one attached hydrogen (secondary N) is 1. The number of ether oxygens (including phenoxy) is 2. The molecular weight excluding hydrogens is 274 g/mol. The molecular formula is C16H22ClNO2. The van der Waals surface area contributed by atoms with E-state index in [0.29, 0.717) is 12.6 Å². The number of rotatable bonds is 2. The largest absolute Gasteiger partial charge is 0.489 e. The van der Waals surface area contributed by atoms with E-state index >= 15 is 0 Å². The fourth-order valence-corrected chi connectivity index (χ4v) is 3.53. The first-order chi connectivity index (χ1) is 9.81. The molecule has 3 rings (SSSR count). The van der Waals surface area contributed by atoms with Crippen molar-refractivity contribution in [3.05, 3.63) is 22.2 Å². The van der Waals surface area contributed by atoms with Crippen molar-refractivity contribution in [2.24, 2.45) is 0 Å². The Kier molecular flexibility index (Phi) is 4.37. The number of piperidine rings is 1. The smallest absolute Gasteiger partial charge is 0.164 e. The number of fused-ring (bicyclic) bond motifs is 1. The van der Waals surface area contributed by atoms with Gasteiger partial charge in [0.15, 0.2) is 11.5 Å². The van der Waals surface area contributed by atoms with Gasteiger partial charge in [-0.15, -0.1) is 0 Å². The second-order valence-corrected chi connectivity index (χ2v) is 5.89. The molecule has 3 nitrogen and oxygen atoms in total. The molecule has 0 amide bonds. The van der Waals surface area contributed by atoms with Crippen molar-refractivity contribution < 1.29 is 9.47 Å². The van der Waals surface area contributed by atoms with E-state index in [-0.39, 0.29) is 0 Å². The van der Waals surface area contributed by atoms with E-state index in [2.05, 4.69) is 12.2 Å². The molecule has 1 saturated heterocycles. The summed E-state index contributed by atoms with van der Waals surface area (Å²) in [6.07, 6.45) is 5.49. The molecule has 1 atom stereocenters. The summed E-state index contributed by atoms with van der Waals surface area (Å²) in [4.78, 5) is 0. The molecule has 0 aliphatic carbocycles. The minimum Gasteiger partial charge on any atom is -0.489 e. The van der Waals surface area contributed by atoms with Gasteiger partial charge in [0, 0.05) is 29.1 Å². The molecule has 1 aromatic rings. The van der Waals surface area contributed by atoms with Crippen LogP contribution in [0.1, 0.15) is 49.8 Å². The third kappa shape index (κ3) is 2.61. The highest BCUT2D eigenvalue weighted by Gasteiger charge is 2.26. The second-order valence-electron chi connectivity index (χ2n) is 5.48. The van der Waals surface area contributed by atoms with E-state index in [4.69, 9.17) is 21.1 Å². The average Bonchev–Trinajstić information content (AvgIpc) is 2.71. The van der Waals surface area contributed by atoms with Gasteiger partial charge in [0.25, 0.3) is 0 Å². The summed E-state index contributed by atoms with van der Waals surface area (Å²) < 4.78 is 11.7. The predicted molar refractivity (Wildman–Crippen MR) is 81.0 cm³/mol. The van der Waals surface area contributed by atoms with E-state index < -0.39 is 0 Å². The maximum atomic E-state index is 6.56. The molecule has 2 heterocycles. The van der Waals surface area contributed by atoms with E-state index in [1.165, 1.54) is 24.0 Å². The fraction of sp³-hybridized carbons (Fsp3) is 0.625. The van der Waals surface area contributed by atoms with Crippen LogP contribution in [-0.4, -0.2) is 19.8 Å². The lowest BCUT2D eigenvalue weighted by Gasteiger charge is -2.28.